The highest BCUT2D eigenvalue weighted by Gasteiger charge is 2.30. The molecule has 114 valence electrons. The summed E-state index contributed by atoms with van der Waals surface area (Å²) in [5.41, 5.74) is 1.48. The van der Waals surface area contributed by atoms with Crippen LogP contribution in [0.5, 0.6) is 0 Å². The van der Waals surface area contributed by atoms with E-state index in [4.69, 9.17) is 0 Å². The van der Waals surface area contributed by atoms with Gasteiger partial charge < -0.3 is 0 Å². The van der Waals surface area contributed by atoms with Crippen LogP contribution >= 0.6 is 15.9 Å². The van der Waals surface area contributed by atoms with Crippen LogP contribution in [0.25, 0.3) is 11.3 Å². The zero-order chi connectivity index (χ0) is 15.8. The van der Waals surface area contributed by atoms with Crippen molar-refractivity contribution in [3.8, 4) is 11.3 Å². The fourth-order valence-electron chi connectivity index (χ4n) is 2.04. The summed E-state index contributed by atoms with van der Waals surface area (Å²) in [5, 5.41) is 5.10. The fourth-order valence-corrected chi connectivity index (χ4v) is 2.32. The Bertz CT molecular complexity index is 622. The van der Waals surface area contributed by atoms with Crippen molar-refractivity contribution in [3.63, 3.8) is 0 Å². The van der Waals surface area contributed by atoms with Crippen LogP contribution in [0.15, 0.2) is 30.3 Å². The normalized spacial score (nSPS) is 12.7. The van der Waals surface area contributed by atoms with E-state index >= 15 is 0 Å². The average Bonchev–Trinajstić information content (AvgIpc) is 2.82. The van der Waals surface area contributed by atoms with Gasteiger partial charge in [-0.15, -0.1) is 0 Å². The summed E-state index contributed by atoms with van der Waals surface area (Å²) in [4.78, 5) is 0. The van der Waals surface area contributed by atoms with Crippen LogP contribution in [0.1, 0.15) is 32.0 Å². The lowest BCUT2D eigenvalue weighted by Crippen LogP contribution is -2.24. The van der Waals surface area contributed by atoms with Gasteiger partial charge in [0.2, 0.25) is 0 Å². The highest BCUT2D eigenvalue weighted by Crippen LogP contribution is 2.32. The first-order chi connectivity index (χ1) is 9.63. The van der Waals surface area contributed by atoms with Gasteiger partial charge in [0.15, 0.2) is 0 Å². The third kappa shape index (κ3) is 3.48. The Kier molecular flexibility index (Phi) is 4.19. The van der Waals surface area contributed by atoms with Gasteiger partial charge >= 0.3 is 6.18 Å². The third-order valence-corrected chi connectivity index (χ3v) is 3.61. The molecule has 21 heavy (non-hydrogen) atoms. The van der Waals surface area contributed by atoms with Gasteiger partial charge in [-0.2, -0.15) is 18.3 Å². The Morgan fingerprint density at radius 2 is 1.67 bits per heavy atom. The highest BCUT2D eigenvalue weighted by molar-refractivity contribution is 9.08. The molecule has 0 saturated heterocycles. The predicted octanol–water partition coefficient (Wildman–Crippen LogP) is 5.22. The molecule has 0 radical (unpaired) electrons. The van der Waals surface area contributed by atoms with Gasteiger partial charge in [-0.25, -0.2) is 0 Å². The van der Waals surface area contributed by atoms with Crippen molar-refractivity contribution < 1.29 is 13.2 Å². The summed E-state index contributed by atoms with van der Waals surface area (Å²) < 4.78 is 39.7. The van der Waals surface area contributed by atoms with Crippen LogP contribution in [0, 0.1) is 0 Å². The quantitative estimate of drug-likeness (QED) is 0.671. The number of nitrogens with zero attached hydrogens (tertiary/aromatic N) is 2. The maximum Gasteiger partial charge on any atom is 0.416 e. The second-order valence-electron chi connectivity index (χ2n) is 5.81. The van der Waals surface area contributed by atoms with Crippen molar-refractivity contribution in [2.75, 3.05) is 0 Å². The van der Waals surface area contributed by atoms with Crippen LogP contribution in [0.4, 0.5) is 13.2 Å². The summed E-state index contributed by atoms with van der Waals surface area (Å²) in [6.45, 7) is 6.02. The Morgan fingerprint density at radius 1 is 1.10 bits per heavy atom. The van der Waals surface area contributed by atoms with Crippen molar-refractivity contribution in [1.82, 2.24) is 9.78 Å². The number of benzene rings is 1. The minimum absolute atomic E-state index is 0.252. The molecule has 0 N–H and O–H groups in total. The monoisotopic (exact) mass is 360 g/mol. The van der Waals surface area contributed by atoms with Crippen LogP contribution in [0.3, 0.4) is 0 Å². The molecule has 2 rings (SSSR count). The van der Waals surface area contributed by atoms with E-state index in [0.29, 0.717) is 5.33 Å². The molecule has 0 atom stereocenters. The highest BCUT2D eigenvalue weighted by atomic mass is 79.9. The van der Waals surface area contributed by atoms with Gasteiger partial charge in [0.1, 0.15) is 0 Å². The van der Waals surface area contributed by atoms with Crippen molar-refractivity contribution in [3.05, 3.63) is 41.6 Å². The molecule has 0 saturated carbocycles. The Labute approximate surface area is 130 Å². The lowest BCUT2D eigenvalue weighted by Gasteiger charge is -2.22. The predicted molar refractivity (Wildman–Crippen MR) is 80.3 cm³/mol. The molecule has 0 amide bonds. The van der Waals surface area contributed by atoms with E-state index in [1.54, 1.807) is 0 Å². The maximum atomic E-state index is 12.6. The smallest absolute Gasteiger partial charge is 0.259 e. The van der Waals surface area contributed by atoms with E-state index in [2.05, 4.69) is 21.0 Å². The van der Waals surface area contributed by atoms with Crippen LogP contribution < -0.4 is 0 Å². The van der Waals surface area contributed by atoms with E-state index in [-0.39, 0.29) is 5.54 Å². The molecule has 6 heteroatoms. The molecule has 1 aromatic carbocycles. The number of alkyl halides is 4. The van der Waals surface area contributed by atoms with Crippen LogP contribution in [-0.4, -0.2) is 9.78 Å². The number of rotatable bonds is 2. The molecule has 1 heterocycles. The molecule has 2 aromatic rings. The zero-order valence-electron chi connectivity index (χ0n) is 12.0. The molecule has 0 aliphatic heterocycles. The first-order valence-electron chi connectivity index (χ1n) is 6.46. The van der Waals surface area contributed by atoms with E-state index in [0.717, 1.165) is 29.1 Å². The second kappa shape index (κ2) is 5.48. The Morgan fingerprint density at radius 3 is 2.10 bits per heavy atom. The molecule has 2 nitrogen and oxygen atoms in total. The van der Waals surface area contributed by atoms with Crippen LogP contribution in [-0.2, 0) is 17.0 Å². The van der Waals surface area contributed by atoms with Gasteiger partial charge in [0.05, 0.1) is 22.5 Å². The van der Waals surface area contributed by atoms with Crippen molar-refractivity contribution in [2.24, 2.45) is 0 Å². The van der Waals surface area contributed by atoms with Gasteiger partial charge in [-0.05, 0) is 44.5 Å². The number of hydrogen-bond acceptors (Lipinski definition) is 1. The Hall–Kier alpha value is -1.30. The minimum Gasteiger partial charge on any atom is -0.259 e. The van der Waals surface area contributed by atoms with Crippen molar-refractivity contribution in [2.45, 2.75) is 37.8 Å². The van der Waals surface area contributed by atoms with E-state index in [1.807, 2.05) is 31.5 Å². The number of hydrogen-bond donors (Lipinski definition) is 0. The lowest BCUT2D eigenvalue weighted by molar-refractivity contribution is -0.137. The van der Waals surface area contributed by atoms with Gasteiger partial charge in [0, 0.05) is 5.33 Å². The summed E-state index contributed by atoms with van der Waals surface area (Å²) >= 11 is 3.36. The SMILES string of the molecule is CC(C)(C)n1nc(CBr)cc1-c1ccc(C(F)(F)F)cc1. The molecule has 0 bridgehead atoms. The molecule has 0 aliphatic rings. The van der Waals surface area contributed by atoms with Gasteiger partial charge in [0.25, 0.3) is 0 Å². The van der Waals surface area contributed by atoms with Crippen molar-refractivity contribution >= 4 is 15.9 Å². The van der Waals surface area contributed by atoms with E-state index < -0.39 is 11.7 Å². The maximum absolute atomic E-state index is 12.6. The second-order valence-corrected chi connectivity index (χ2v) is 6.37. The third-order valence-electron chi connectivity index (χ3n) is 3.04. The number of aromatic nitrogens is 2. The van der Waals surface area contributed by atoms with E-state index in [1.165, 1.54) is 12.1 Å². The average molecular weight is 361 g/mol. The minimum atomic E-state index is -4.32. The molecule has 0 unspecified atom stereocenters. The molecule has 0 fully saturated rings. The van der Waals surface area contributed by atoms with Crippen molar-refractivity contribution in [1.29, 1.82) is 0 Å². The first kappa shape index (κ1) is 16.1. The lowest BCUT2D eigenvalue weighted by atomic mass is 10.1. The largest absolute Gasteiger partial charge is 0.416 e. The van der Waals surface area contributed by atoms with Crippen LogP contribution in [0.2, 0.25) is 0 Å². The summed E-state index contributed by atoms with van der Waals surface area (Å²) in [6, 6.07) is 7.06. The molecule has 1 aromatic heterocycles. The Balaban J connectivity index is 2.49. The summed E-state index contributed by atoms with van der Waals surface area (Å²) in [7, 11) is 0. The summed E-state index contributed by atoms with van der Waals surface area (Å²) in [6.07, 6.45) is -4.32. The molecule has 0 spiro atoms. The summed E-state index contributed by atoms with van der Waals surface area (Å²) in [5.74, 6) is 0. The first-order valence-corrected chi connectivity index (χ1v) is 7.58. The topological polar surface area (TPSA) is 17.8 Å². The van der Waals surface area contributed by atoms with Gasteiger partial charge in [-0.3, -0.25) is 4.68 Å². The van der Waals surface area contributed by atoms with E-state index in [9.17, 15) is 13.2 Å². The zero-order valence-corrected chi connectivity index (χ0v) is 13.6. The molecule has 0 aliphatic carbocycles. The number of halogens is 4. The standard InChI is InChI=1S/C15H16BrF3N2/c1-14(2,3)21-13(8-12(9-16)20-21)10-4-6-11(7-5-10)15(17,18)19/h4-8H,9H2,1-3H3. The molecular formula is C15H16BrF3N2. The van der Waals surface area contributed by atoms with Gasteiger partial charge in [-0.1, -0.05) is 28.1 Å². The molecular weight excluding hydrogens is 345 g/mol. The fraction of sp³-hybridized carbons (Fsp3) is 0.400.